The van der Waals surface area contributed by atoms with Crippen LogP contribution in [-0.4, -0.2) is 84.0 Å². The van der Waals surface area contributed by atoms with E-state index < -0.39 is 52.6 Å². The summed E-state index contributed by atoms with van der Waals surface area (Å²) in [6, 6.07) is 14.8. The minimum Gasteiger partial charge on any atom is -0.493 e. The number of ether oxygens (including phenoxy) is 6. The first kappa shape index (κ1) is 38.0. The predicted molar refractivity (Wildman–Crippen MR) is 199 cm³/mol. The summed E-state index contributed by atoms with van der Waals surface area (Å²) < 4.78 is 37.9. The lowest BCUT2D eigenvalue weighted by atomic mass is 9.54. The molecule has 2 aromatic carbocycles. The molecule has 3 bridgehead atoms. The largest absolute Gasteiger partial charge is 0.493 e. The van der Waals surface area contributed by atoms with Crippen molar-refractivity contribution < 1.29 is 47.9 Å². The van der Waals surface area contributed by atoms with Crippen LogP contribution in [0.5, 0.6) is 11.5 Å². The number of hydrogen-bond donors (Lipinski definition) is 1. The lowest BCUT2D eigenvalue weighted by Crippen LogP contribution is -2.70. The van der Waals surface area contributed by atoms with E-state index in [9.17, 15) is 19.5 Å². The monoisotopic (exact) mass is 741 g/mol. The van der Waals surface area contributed by atoms with Crippen molar-refractivity contribution in [2.24, 2.45) is 17.8 Å². The number of rotatable bonds is 12. The Morgan fingerprint density at radius 2 is 1.85 bits per heavy atom. The predicted octanol–water partition coefficient (Wildman–Crippen LogP) is 6.27. The van der Waals surface area contributed by atoms with Crippen LogP contribution in [0.2, 0.25) is 0 Å². The zero-order valence-corrected chi connectivity index (χ0v) is 32.0. The number of fused-ring (bicyclic) bond motifs is 2. The van der Waals surface area contributed by atoms with Crippen molar-refractivity contribution in [3.63, 3.8) is 0 Å². The van der Waals surface area contributed by atoms with Crippen LogP contribution >= 0.6 is 0 Å². The SMILES string of the molecule is C=C(C)[C@]12C[C@@H](C)[C@@]34O[C@](Cc5ccccc5)(O[C@@H]1[C@@H]3CC(COC(=O)Cc1ccc(OC(=O)N(C)CCCC)c(OC)c1)=C[C@]1(O)C(=O)C(C)=C[C@@H]41)O2. The van der Waals surface area contributed by atoms with Gasteiger partial charge in [0.15, 0.2) is 22.9 Å². The number of carbonyl (C=O) groups excluding carboxylic acids is 3. The van der Waals surface area contributed by atoms with Crippen molar-refractivity contribution in [1.82, 2.24) is 4.90 Å². The third-order valence-corrected chi connectivity index (χ3v) is 12.1. The molecule has 1 saturated carbocycles. The smallest absolute Gasteiger partial charge is 0.415 e. The molecule has 288 valence electrons. The third kappa shape index (κ3) is 6.19. The Balaban J connectivity index is 1.14. The Morgan fingerprint density at radius 3 is 2.56 bits per heavy atom. The van der Waals surface area contributed by atoms with Gasteiger partial charge in [-0.25, -0.2) is 4.79 Å². The molecule has 0 aromatic heterocycles. The number of unbranched alkanes of at least 4 members (excludes halogenated alkanes) is 1. The molecule has 1 amide bonds. The molecular formula is C43H51NO10. The molecule has 2 aromatic rings. The topological polar surface area (TPSA) is 130 Å². The van der Waals surface area contributed by atoms with Gasteiger partial charge in [0.25, 0.3) is 5.97 Å². The number of nitrogens with zero attached hydrogens (tertiary/aromatic N) is 1. The van der Waals surface area contributed by atoms with Crippen LogP contribution in [0.4, 0.5) is 4.79 Å². The van der Waals surface area contributed by atoms with Crippen molar-refractivity contribution in [3.8, 4) is 11.5 Å². The van der Waals surface area contributed by atoms with Crippen LogP contribution in [0.25, 0.3) is 0 Å². The maximum Gasteiger partial charge on any atom is 0.415 e. The van der Waals surface area contributed by atoms with Crippen LogP contribution in [0.1, 0.15) is 64.5 Å². The minimum absolute atomic E-state index is 0.0887. The average molecular weight is 742 g/mol. The first-order valence-corrected chi connectivity index (χ1v) is 18.9. The molecule has 11 heteroatoms. The number of aliphatic hydroxyl groups is 1. The van der Waals surface area contributed by atoms with E-state index >= 15 is 0 Å². The summed E-state index contributed by atoms with van der Waals surface area (Å²) in [5, 5.41) is 12.5. The molecule has 3 fully saturated rings. The second kappa shape index (κ2) is 14.1. The fraction of sp³-hybridized carbons (Fsp3) is 0.512. The number of benzene rings is 2. The van der Waals surface area contributed by atoms with Gasteiger partial charge in [-0.1, -0.05) is 69.3 Å². The van der Waals surface area contributed by atoms with Crippen molar-refractivity contribution in [2.75, 3.05) is 27.3 Å². The van der Waals surface area contributed by atoms with Gasteiger partial charge < -0.3 is 38.4 Å². The maximum atomic E-state index is 13.9. The molecule has 2 heterocycles. The molecule has 2 aliphatic heterocycles. The van der Waals surface area contributed by atoms with Gasteiger partial charge in [-0.3, -0.25) is 9.59 Å². The van der Waals surface area contributed by atoms with Gasteiger partial charge in [0, 0.05) is 25.4 Å². The third-order valence-electron chi connectivity index (χ3n) is 12.1. The van der Waals surface area contributed by atoms with Crippen molar-refractivity contribution in [1.29, 1.82) is 0 Å². The highest BCUT2D eigenvalue weighted by atomic mass is 16.9. The van der Waals surface area contributed by atoms with Gasteiger partial charge in [0.1, 0.15) is 18.3 Å². The Bertz CT molecular complexity index is 1910. The molecule has 8 atom stereocenters. The molecule has 1 N–H and O–H groups in total. The number of carbonyl (C=O) groups is 3. The Kier molecular flexibility index (Phi) is 9.92. The highest BCUT2D eigenvalue weighted by Crippen LogP contribution is 2.68. The Morgan fingerprint density at radius 1 is 1.09 bits per heavy atom. The van der Waals surface area contributed by atoms with E-state index in [-0.39, 0.29) is 30.6 Å². The number of esters is 1. The van der Waals surface area contributed by atoms with E-state index in [1.54, 1.807) is 38.2 Å². The molecule has 11 nitrogen and oxygen atoms in total. The molecule has 0 unspecified atom stereocenters. The summed E-state index contributed by atoms with van der Waals surface area (Å²) in [6.45, 7) is 12.6. The van der Waals surface area contributed by atoms with E-state index in [4.69, 9.17) is 28.4 Å². The Hall–Kier alpha value is -4.29. The number of amides is 1. The molecular weight excluding hydrogens is 690 g/mol. The van der Waals surface area contributed by atoms with Gasteiger partial charge in [0.2, 0.25) is 0 Å². The van der Waals surface area contributed by atoms with Crippen molar-refractivity contribution in [3.05, 3.63) is 95.1 Å². The Labute approximate surface area is 316 Å². The van der Waals surface area contributed by atoms with Gasteiger partial charge in [-0.05, 0) is 85.1 Å². The van der Waals surface area contributed by atoms with E-state index in [1.807, 2.05) is 50.3 Å². The summed E-state index contributed by atoms with van der Waals surface area (Å²) in [4.78, 5) is 41.3. The average Bonchev–Trinajstić information content (AvgIpc) is 3.45. The lowest BCUT2D eigenvalue weighted by Gasteiger charge is -2.59. The number of Topliss-reactive ketones (excluding diaryl/α,β-unsaturated/α-hetero) is 1. The number of methoxy groups -OCH3 is 1. The standard InChI is InChI=1S/C43H51NO10/c1-8-9-17-44(6)39(47)51-33-16-15-30(20-34(33)49-7)21-36(45)50-25-31-19-32-38-41(26(2)3)22-28(5)43(32,35-18-27(4)37(46)40(35,48)23-31)54-42(52-38,53-41)24-29-13-11-10-12-14-29/h10-16,18,20,23,28,32,35,38,48H,2,8-9,17,19,21-22,24-25H2,1,3-7H3/t28-,32+,35-,38-,40-,41-,42-,43-/m1/s1. The van der Waals surface area contributed by atoms with E-state index in [0.717, 1.165) is 24.0 Å². The molecule has 5 aliphatic rings. The number of hydrogen-bond acceptors (Lipinski definition) is 10. The second-order valence-corrected chi connectivity index (χ2v) is 15.8. The van der Waals surface area contributed by atoms with E-state index in [0.29, 0.717) is 48.3 Å². The summed E-state index contributed by atoms with van der Waals surface area (Å²) in [7, 11) is 3.14. The van der Waals surface area contributed by atoms with Crippen molar-refractivity contribution in [2.45, 2.75) is 95.1 Å². The first-order valence-electron chi connectivity index (χ1n) is 18.9. The number of ketones is 1. The molecule has 7 rings (SSSR count). The fourth-order valence-electron chi connectivity index (χ4n) is 9.50. The molecule has 3 aliphatic carbocycles. The highest BCUT2D eigenvalue weighted by Gasteiger charge is 2.79. The van der Waals surface area contributed by atoms with Crippen molar-refractivity contribution >= 4 is 17.8 Å². The van der Waals surface area contributed by atoms with Gasteiger partial charge in [-0.2, -0.15) is 0 Å². The summed E-state index contributed by atoms with van der Waals surface area (Å²) in [6.07, 6.45) is 5.34. The van der Waals surface area contributed by atoms with Crippen LogP contribution in [0, 0.1) is 17.8 Å². The molecule has 0 radical (unpaired) electrons. The maximum absolute atomic E-state index is 13.9. The zero-order valence-electron chi connectivity index (χ0n) is 32.0. The van der Waals surface area contributed by atoms with Crippen LogP contribution in [0.3, 0.4) is 0 Å². The minimum atomic E-state index is -1.92. The van der Waals surface area contributed by atoms with Gasteiger partial charge in [-0.15, -0.1) is 0 Å². The van der Waals surface area contributed by atoms with Crippen LogP contribution in [0.15, 0.2) is 84.0 Å². The zero-order chi connectivity index (χ0) is 38.6. The van der Waals surface area contributed by atoms with Gasteiger partial charge >= 0.3 is 12.1 Å². The normalized spacial score (nSPS) is 33.2. The second-order valence-electron chi connectivity index (χ2n) is 15.8. The molecule has 54 heavy (non-hydrogen) atoms. The fourth-order valence-corrected chi connectivity index (χ4v) is 9.50. The summed E-state index contributed by atoms with van der Waals surface area (Å²) in [5.41, 5.74) is -0.429. The highest BCUT2D eigenvalue weighted by molar-refractivity contribution is 6.06. The van der Waals surface area contributed by atoms with E-state index in [2.05, 4.69) is 13.5 Å². The molecule has 2 saturated heterocycles. The van der Waals surface area contributed by atoms with Crippen LogP contribution in [-0.2, 0) is 41.4 Å². The lowest BCUT2D eigenvalue weighted by molar-refractivity contribution is -0.425. The summed E-state index contributed by atoms with van der Waals surface area (Å²) in [5.74, 6) is -3.12. The van der Waals surface area contributed by atoms with Crippen LogP contribution < -0.4 is 9.47 Å². The quantitative estimate of drug-likeness (QED) is 0.196. The summed E-state index contributed by atoms with van der Waals surface area (Å²) >= 11 is 0. The van der Waals surface area contributed by atoms with E-state index in [1.165, 1.54) is 12.0 Å². The molecule has 0 spiro atoms. The van der Waals surface area contributed by atoms with Gasteiger partial charge in [0.05, 0.1) is 25.6 Å². The first-order chi connectivity index (χ1) is 25.7.